The maximum atomic E-state index is 11.5. The summed E-state index contributed by atoms with van der Waals surface area (Å²) in [6.45, 7) is 2.14. The summed E-state index contributed by atoms with van der Waals surface area (Å²) in [6, 6.07) is 6.99. The predicted octanol–water partition coefficient (Wildman–Crippen LogP) is 1.78. The lowest BCUT2D eigenvalue weighted by Gasteiger charge is -2.08. The van der Waals surface area contributed by atoms with Crippen LogP contribution in [0.4, 0.5) is 5.69 Å². The van der Waals surface area contributed by atoms with Crippen molar-refractivity contribution in [2.75, 3.05) is 19.0 Å². The first-order chi connectivity index (χ1) is 7.67. The summed E-state index contributed by atoms with van der Waals surface area (Å²) in [5.74, 6) is -0.332. The number of carbonyl (C=O) groups excluding carboxylic acids is 1. The predicted molar refractivity (Wildman–Crippen MR) is 67.7 cm³/mol. The molecular formula is C11H14N2O2S. The van der Waals surface area contributed by atoms with E-state index in [0.29, 0.717) is 17.3 Å². The van der Waals surface area contributed by atoms with Gasteiger partial charge in [-0.05, 0) is 37.3 Å². The van der Waals surface area contributed by atoms with Crippen molar-refractivity contribution in [2.45, 2.75) is 6.92 Å². The van der Waals surface area contributed by atoms with Gasteiger partial charge in [-0.15, -0.1) is 0 Å². The van der Waals surface area contributed by atoms with Crippen LogP contribution in [0, 0.1) is 0 Å². The van der Waals surface area contributed by atoms with Crippen molar-refractivity contribution in [1.82, 2.24) is 5.32 Å². The molecule has 0 aliphatic rings. The number of rotatable bonds is 3. The highest BCUT2D eigenvalue weighted by Crippen LogP contribution is 2.11. The molecule has 5 heteroatoms. The molecular weight excluding hydrogens is 224 g/mol. The van der Waals surface area contributed by atoms with E-state index in [1.54, 1.807) is 32.2 Å². The van der Waals surface area contributed by atoms with Crippen LogP contribution in [0.3, 0.4) is 0 Å². The smallest absolute Gasteiger partial charge is 0.338 e. The van der Waals surface area contributed by atoms with Gasteiger partial charge >= 0.3 is 5.97 Å². The quantitative estimate of drug-likeness (QED) is 0.621. The largest absolute Gasteiger partial charge is 0.462 e. The van der Waals surface area contributed by atoms with Crippen LogP contribution in [-0.4, -0.2) is 24.7 Å². The zero-order valence-corrected chi connectivity index (χ0v) is 10.1. The van der Waals surface area contributed by atoms with Gasteiger partial charge in [-0.25, -0.2) is 4.79 Å². The lowest BCUT2D eigenvalue weighted by Crippen LogP contribution is -2.24. The molecule has 0 fully saturated rings. The van der Waals surface area contributed by atoms with Gasteiger partial charge in [-0.1, -0.05) is 6.07 Å². The van der Waals surface area contributed by atoms with Crippen LogP contribution in [0.1, 0.15) is 17.3 Å². The van der Waals surface area contributed by atoms with E-state index in [1.807, 2.05) is 6.07 Å². The fourth-order valence-electron chi connectivity index (χ4n) is 1.13. The first-order valence-electron chi connectivity index (χ1n) is 4.93. The van der Waals surface area contributed by atoms with Crippen molar-refractivity contribution in [3.8, 4) is 0 Å². The lowest BCUT2D eigenvalue weighted by atomic mass is 10.2. The molecule has 0 amide bonds. The van der Waals surface area contributed by atoms with Gasteiger partial charge in [-0.2, -0.15) is 0 Å². The molecule has 0 saturated heterocycles. The Morgan fingerprint density at radius 1 is 1.50 bits per heavy atom. The third kappa shape index (κ3) is 3.51. The van der Waals surface area contributed by atoms with Gasteiger partial charge in [0.25, 0.3) is 0 Å². The molecule has 2 N–H and O–H groups in total. The number of ether oxygens (including phenoxy) is 1. The van der Waals surface area contributed by atoms with Crippen molar-refractivity contribution < 1.29 is 9.53 Å². The zero-order valence-electron chi connectivity index (χ0n) is 9.24. The highest BCUT2D eigenvalue weighted by molar-refractivity contribution is 7.80. The van der Waals surface area contributed by atoms with E-state index in [0.717, 1.165) is 5.69 Å². The normalized spacial score (nSPS) is 9.38. The van der Waals surface area contributed by atoms with E-state index in [2.05, 4.69) is 10.6 Å². The number of benzene rings is 1. The van der Waals surface area contributed by atoms with E-state index in [1.165, 1.54) is 0 Å². The van der Waals surface area contributed by atoms with Gasteiger partial charge in [0.15, 0.2) is 5.11 Å². The molecule has 0 spiro atoms. The Morgan fingerprint density at radius 2 is 2.25 bits per heavy atom. The van der Waals surface area contributed by atoms with Crippen LogP contribution in [0.25, 0.3) is 0 Å². The molecule has 1 aromatic rings. The zero-order chi connectivity index (χ0) is 12.0. The SMILES string of the molecule is CCOC(=O)c1cccc(NC(=S)NC)c1. The van der Waals surface area contributed by atoms with Gasteiger partial charge in [0.1, 0.15) is 0 Å². The van der Waals surface area contributed by atoms with E-state index in [4.69, 9.17) is 17.0 Å². The molecule has 1 aromatic carbocycles. The number of esters is 1. The summed E-state index contributed by atoms with van der Waals surface area (Å²) in [6.07, 6.45) is 0. The number of nitrogens with one attached hydrogen (secondary N) is 2. The maximum absolute atomic E-state index is 11.5. The van der Waals surface area contributed by atoms with Crippen LogP contribution in [0.2, 0.25) is 0 Å². The summed E-state index contributed by atoms with van der Waals surface area (Å²) in [5.41, 5.74) is 1.26. The molecule has 4 nitrogen and oxygen atoms in total. The molecule has 86 valence electrons. The minimum Gasteiger partial charge on any atom is -0.462 e. The molecule has 0 atom stereocenters. The highest BCUT2D eigenvalue weighted by Gasteiger charge is 2.06. The minimum atomic E-state index is -0.332. The van der Waals surface area contributed by atoms with Crippen molar-refractivity contribution in [2.24, 2.45) is 0 Å². The molecule has 0 unspecified atom stereocenters. The number of hydrogen-bond donors (Lipinski definition) is 2. The summed E-state index contributed by atoms with van der Waals surface area (Å²) in [7, 11) is 1.73. The van der Waals surface area contributed by atoms with Crippen LogP contribution in [0.5, 0.6) is 0 Å². The Hall–Kier alpha value is -1.62. The summed E-state index contributed by atoms with van der Waals surface area (Å²) in [4.78, 5) is 11.5. The molecule has 1 rings (SSSR count). The first-order valence-corrected chi connectivity index (χ1v) is 5.34. The van der Waals surface area contributed by atoms with Gasteiger partial charge in [0.2, 0.25) is 0 Å². The highest BCUT2D eigenvalue weighted by atomic mass is 32.1. The number of anilines is 1. The molecule has 0 aromatic heterocycles. The van der Waals surface area contributed by atoms with Gasteiger partial charge in [-0.3, -0.25) is 0 Å². The van der Waals surface area contributed by atoms with Gasteiger partial charge in [0.05, 0.1) is 12.2 Å². The summed E-state index contributed by atoms with van der Waals surface area (Å²) < 4.78 is 4.90. The minimum absolute atomic E-state index is 0.332. The van der Waals surface area contributed by atoms with Gasteiger partial charge < -0.3 is 15.4 Å². The molecule has 0 saturated carbocycles. The Balaban J connectivity index is 2.78. The second kappa shape index (κ2) is 6.07. The molecule has 0 aliphatic carbocycles. The van der Waals surface area contributed by atoms with Crippen molar-refractivity contribution >= 4 is 29.0 Å². The average Bonchev–Trinajstić information content (AvgIpc) is 2.29. The molecule has 16 heavy (non-hydrogen) atoms. The monoisotopic (exact) mass is 238 g/mol. The Bertz CT molecular complexity index is 393. The maximum Gasteiger partial charge on any atom is 0.338 e. The molecule has 0 bridgehead atoms. The second-order valence-corrected chi connectivity index (χ2v) is 3.41. The third-order valence-electron chi connectivity index (χ3n) is 1.86. The van der Waals surface area contributed by atoms with E-state index >= 15 is 0 Å². The van der Waals surface area contributed by atoms with Crippen LogP contribution in [-0.2, 0) is 4.74 Å². The molecule has 0 radical (unpaired) electrons. The van der Waals surface area contributed by atoms with Crippen molar-refractivity contribution in [3.63, 3.8) is 0 Å². The molecule has 0 heterocycles. The first kappa shape index (κ1) is 12.4. The standard InChI is InChI=1S/C11H14N2O2S/c1-3-15-10(14)8-5-4-6-9(7-8)13-11(16)12-2/h4-7H,3H2,1-2H3,(H2,12,13,16). The second-order valence-electron chi connectivity index (χ2n) is 3.01. The van der Waals surface area contributed by atoms with E-state index in [9.17, 15) is 4.79 Å². The van der Waals surface area contributed by atoms with Crippen LogP contribution < -0.4 is 10.6 Å². The Kier molecular flexibility index (Phi) is 4.72. The Morgan fingerprint density at radius 3 is 2.88 bits per heavy atom. The summed E-state index contributed by atoms with van der Waals surface area (Å²) in [5, 5.41) is 6.23. The molecule has 0 aliphatic heterocycles. The number of hydrogen-bond acceptors (Lipinski definition) is 3. The number of thiocarbonyl (C=S) groups is 1. The topological polar surface area (TPSA) is 50.4 Å². The van der Waals surface area contributed by atoms with Crippen molar-refractivity contribution in [1.29, 1.82) is 0 Å². The Labute approximate surface area is 100.0 Å². The summed E-state index contributed by atoms with van der Waals surface area (Å²) >= 11 is 4.96. The third-order valence-corrected chi connectivity index (χ3v) is 2.16. The fraction of sp³-hybridized carbons (Fsp3) is 0.273. The van der Waals surface area contributed by atoms with Crippen molar-refractivity contribution in [3.05, 3.63) is 29.8 Å². The van der Waals surface area contributed by atoms with Crippen LogP contribution >= 0.6 is 12.2 Å². The fourth-order valence-corrected chi connectivity index (χ4v) is 1.25. The van der Waals surface area contributed by atoms with E-state index < -0.39 is 0 Å². The average molecular weight is 238 g/mol. The van der Waals surface area contributed by atoms with Gasteiger partial charge in [0, 0.05) is 12.7 Å². The number of carbonyl (C=O) groups is 1. The van der Waals surface area contributed by atoms with Crippen LogP contribution in [0.15, 0.2) is 24.3 Å². The van der Waals surface area contributed by atoms with E-state index in [-0.39, 0.29) is 5.97 Å². The lowest BCUT2D eigenvalue weighted by molar-refractivity contribution is 0.0526.